The van der Waals surface area contributed by atoms with Crippen LogP contribution in [0.3, 0.4) is 0 Å². The van der Waals surface area contributed by atoms with E-state index in [0.29, 0.717) is 31.4 Å². The predicted molar refractivity (Wildman–Crippen MR) is 123 cm³/mol. The number of piperazine rings is 1. The molecule has 0 N–H and O–H groups in total. The summed E-state index contributed by atoms with van der Waals surface area (Å²) in [4.78, 5) is 17.9. The zero-order valence-corrected chi connectivity index (χ0v) is 19.5. The average molecular weight is 471 g/mol. The third kappa shape index (κ3) is 4.31. The van der Waals surface area contributed by atoms with Crippen LogP contribution in [0.15, 0.2) is 35.6 Å². The van der Waals surface area contributed by atoms with Crippen LogP contribution in [0.5, 0.6) is 5.88 Å². The Hall–Kier alpha value is -2.30. The van der Waals surface area contributed by atoms with E-state index in [1.165, 1.54) is 12.8 Å². The van der Waals surface area contributed by atoms with Crippen LogP contribution in [-0.4, -0.2) is 84.0 Å². The van der Waals surface area contributed by atoms with Crippen LogP contribution in [0.25, 0.3) is 0 Å². The number of sulfonamides is 1. The lowest BCUT2D eigenvalue weighted by Gasteiger charge is -2.36. The van der Waals surface area contributed by atoms with Gasteiger partial charge in [0.1, 0.15) is 11.9 Å². The molecule has 0 unspecified atom stereocenters. The van der Waals surface area contributed by atoms with E-state index < -0.39 is 10.0 Å². The number of hydrogen-bond acceptors (Lipinski definition) is 8. The number of fused-ring (bicyclic) bond motifs is 1. The summed E-state index contributed by atoms with van der Waals surface area (Å²) in [7, 11) is -3.63. The molecular weight excluding hydrogens is 440 g/mol. The predicted octanol–water partition coefficient (Wildman–Crippen LogP) is 1.88. The van der Waals surface area contributed by atoms with Gasteiger partial charge in [-0.15, -0.1) is 0 Å². The van der Waals surface area contributed by atoms with E-state index in [9.17, 15) is 8.42 Å². The number of anilines is 1. The fourth-order valence-corrected chi connectivity index (χ4v) is 6.64. The largest absolute Gasteiger partial charge is 0.472 e. The Morgan fingerprint density at radius 2 is 1.82 bits per heavy atom. The molecule has 0 spiro atoms. The van der Waals surface area contributed by atoms with Crippen LogP contribution in [-0.2, 0) is 10.0 Å². The van der Waals surface area contributed by atoms with Gasteiger partial charge in [0, 0.05) is 57.6 Å². The minimum absolute atomic E-state index is 0.00431. The van der Waals surface area contributed by atoms with E-state index in [4.69, 9.17) is 4.74 Å². The molecule has 2 atom stereocenters. The molecule has 2 aromatic heterocycles. The lowest BCUT2D eigenvalue weighted by Crippen LogP contribution is -2.52. The van der Waals surface area contributed by atoms with Crippen molar-refractivity contribution in [2.75, 3.05) is 44.2 Å². The SMILES string of the molecule is O=S(=O)(c1cccc(N2CCCC2)n1)N1CCN2C[C@@H](Oc3cnc(C4CC4)cn3)C[C@H]2C1. The van der Waals surface area contributed by atoms with E-state index >= 15 is 0 Å². The minimum atomic E-state index is -3.63. The molecule has 9 nitrogen and oxygen atoms in total. The third-order valence-electron chi connectivity index (χ3n) is 7.21. The molecule has 0 aromatic carbocycles. The molecule has 1 aliphatic carbocycles. The molecule has 0 amide bonds. The first-order valence-corrected chi connectivity index (χ1v) is 13.4. The number of hydrogen-bond donors (Lipinski definition) is 0. The highest BCUT2D eigenvalue weighted by molar-refractivity contribution is 7.89. The van der Waals surface area contributed by atoms with Crippen molar-refractivity contribution < 1.29 is 13.2 Å². The molecule has 4 fully saturated rings. The maximum absolute atomic E-state index is 13.4. The van der Waals surface area contributed by atoms with Crippen molar-refractivity contribution in [3.63, 3.8) is 0 Å². The quantitative estimate of drug-likeness (QED) is 0.632. The van der Waals surface area contributed by atoms with Gasteiger partial charge < -0.3 is 9.64 Å². The van der Waals surface area contributed by atoms with Crippen molar-refractivity contribution in [2.45, 2.75) is 55.2 Å². The summed E-state index contributed by atoms with van der Waals surface area (Å²) in [5.41, 5.74) is 1.05. The maximum atomic E-state index is 13.4. The molecule has 5 heterocycles. The smallest absolute Gasteiger partial charge is 0.260 e. The Bertz CT molecular complexity index is 1100. The van der Waals surface area contributed by atoms with Crippen molar-refractivity contribution in [3.05, 3.63) is 36.3 Å². The van der Waals surface area contributed by atoms with E-state index in [0.717, 1.165) is 50.4 Å². The van der Waals surface area contributed by atoms with Gasteiger partial charge in [0.05, 0.1) is 18.1 Å². The summed E-state index contributed by atoms with van der Waals surface area (Å²) in [6.45, 7) is 4.29. The Labute approximate surface area is 194 Å². The fourth-order valence-electron chi connectivity index (χ4n) is 5.22. The number of nitrogens with zero attached hydrogens (tertiary/aromatic N) is 6. The van der Waals surface area contributed by atoms with Gasteiger partial charge in [-0.3, -0.25) is 9.88 Å². The normalized spacial score (nSPS) is 26.5. The van der Waals surface area contributed by atoms with Gasteiger partial charge in [-0.05, 0) is 37.8 Å². The average Bonchev–Trinajstić information content (AvgIpc) is 3.37. The van der Waals surface area contributed by atoms with Gasteiger partial charge in [0.15, 0.2) is 5.03 Å². The summed E-state index contributed by atoms with van der Waals surface area (Å²) >= 11 is 0. The van der Waals surface area contributed by atoms with Gasteiger partial charge in [-0.1, -0.05) is 6.07 Å². The van der Waals surface area contributed by atoms with E-state index in [1.807, 2.05) is 12.3 Å². The van der Waals surface area contributed by atoms with Crippen LogP contribution in [0.2, 0.25) is 0 Å². The highest BCUT2D eigenvalue weighted by Gasteiger charge is 2.41. The Kier molecular flexibility index (Phi) is 5.46. The third-order valence-corrected chi connectivity index (χ3v) is 8.98. The van der Waals surface area contributed by atoms with Gasteiger partial charge in [0.2, 0.25) is 5.88 Å². The van der Waals surface area contributed by atoms with Gasteiger partial charge in [-0.25, -0.2) is 18.4 Å². The summed E-state index contributed by atoms with van der Waals surface area (Å²) in [5, 5.41) is 0.150. The van der Waals surface area contributed by atoms with E-state index in [-0.39, 0.29) is 17.2 Å². The molecule has 3 aliphatic heterocycles. The second kappa shape index (κ2) is 8.48. The van der Waals surface area contributed by atoms with Crippen LogP contribution >= 0.6 is 0 Å². The molecule has 10 heteroatoms. The molecule has 33 heavy (non-hydrogen) atoms. The zero-order chi connectivity index (χ0) is 22.4. The molecular formula is C23H30N6O3S. The molecule has 0 radical (unpaired) electrons. The van der Waals surface area contributed by atoms with Crippen LogP contribution in [0.1, 0.15) is 43.7 Å². The van der Waals surface area contributed by atoms with Crippen molar-refractivity contribution in [2.24, 2.45) is 0 Å². The van der Waals surface area contributed by atoms with E-state index in [1.54, 1.807) is 22.6 Å². The number of ether oxygens (including phenoxy) is 1. The van der Waals surface area contributed by atoms with Crippen molar-refractivity contribution in [3.8, 4) is 5.88 Å². The van der Waals surface area contributed by atoms with Gasteiger partial charge >= 0.3 is 0 Å². The van der Waals surface area contributed by atoms with Gasteiger partial charge in [-0.2, -0.15) is 4.31 Å². The van der Waals surface area contributed by atoms with Crippen LogP contribution in [0.4, 0.5) is 5.82 Å². The molecule has 4 aliphatic rings. The van der Waals surface area contributed by atoms with E-state index in [2.05, 4.69) is 24.8 Å². The first-order chi connectivity index (χ1) is 16.1. The van der Waals surface area contributed by atoms with Crippen molar-refractivity contribution in [1.82, 2.24) is 24.2 Å². The Morgan fingerprint density at radius 3 is 2.58 bits per heavy atom. The summed E-state index contributed by atoms with van der Waals surface area (Å²) < 4.78 is 34.5. The highest BCUT2D eigenvalue weighted by Crippen LogP contribution is 2.38. The van der Waals surface area contributed by atoms with Crippen molar-refractivity contribution in [1.29, 1.82) is 0 Å². The van der Waals surface area contributed by atoms with Crippen molar-refractivity contribution >= 4 is 15.8 Å². The number of aromatic nitrogens is 3. The summed E-state index contributed by atoms with van der Waals surface area (Å²) in [6, 6.07) is 5.46. The summed E-state index contributed by atoms with van der Waals surface area (Å²) in [5.74, 6) is 1.89. The highest BCUT2D eigenvalue weighted by atomic mass is 32.2. The lowest BCUT2D eigenvalue weighted by atomic mass is 10.2. The molecule has 0 bridgehead atoms. The molecule has 2 aromatic rings. The monoisotopic (exact) mass is 470 g/mol. The molecule has 6 rings (SSSR count). The Morgan fingerprint density at radius 1 is 0.970 bits per heavy atom. The Balaban J connectivity index is 1.11. The first kappa shape index (κ1) is 21.2. The first-order valence-electron chi connectivity index (χ1n) is 12.0. The maximum Gasteiger partial charge on any atom is 0.260 e. The van der Waals surface area contributed by atoms with Crippen LogP contribution in [0, 0.1) is 0 Å². The molecule has 176 valence electrons. The van der Waals surface area contributed by atoms with Crippen LogP contribution < -0.4 is 9.64 Å². The zero-order valence-electron chi connectivity index (χ0n) is 18.7. The number of rotatable bonds is 6. The summed E-state index contributed by atoms with van der Waals surface area (Å²) in [6.07, 6.45) is 8.98. The topological polar surface area (TPSA) is 91.8 Å². The minimum Gasteiger partial charge on any atom is -0.472 e. The molecule has 1 saturated carbocycles. The van der Waals surface area contributed by atoms with Gasteiger partial charge in [0.25, 0.3) is 10.0 Å². The molecule has 3 saturated heterocycles. The lowest BCUT2D eigenvalue weighted by molar-refractivity contribution is 0.151. The second-order valence-corrected chi connectivity index (χ2v) is 11.5. The fraction of sp³-hybridized carbons (Fsp3) is 0.609. The number of pyridine rings is 1. The standard InChI is InChI=1S/C23H30N6O3S/c30-33(31,23-5-3-4-21(26-23)27-8-1-2-9-27)29-11-10-28-16-19(12-18(28)15-29)32-22-14-24-20(13-25-22)17-6-7-17/h3-5,13-14,17-19H,1-2,6-12,15-16H2/t18-,19-/m0/s1. The second-order valence-electron chi connectivity index (χ2n) is 9.57.